The maximum atomic E-state index is 11.5. The monoisotopic (exact) mass is 350 g/mol. The zero-order chi connectivity index (χ0) is 17.4. The molecule has 0 bridgehead atoms. The van der Waals surface area contributed by atoms with E-state index in [-0.39, 0.29) is 22.4 Å². The van der Waals surface area contributed by atoms with Gasteiger partial charge in [-0.25, -0.2) is 0 Å². The summed E-state index contributed by atoms with van der Waals surface area (Å²) in [7, 11) is 0. The second-order valence-electron chi connectivity index (χ2n) is 4.61. The highest BCUT2D eigenvalue weighted by Gasteiger charge is 2.22. The van der Waals surface area contributed by atoms with E-state index in [1.54, 1.807) is 0 Å². The fourth-order valence-electron chi connectivity index (χ4n) is 1.92. The lowest BCUT2D eigenvalue weighted by atomic mass is 10.1. The number of hydrogen-bond acceptors (Lipinski definition) is 8. The lowest BCUT2D eigenvalue weighted by Crippen LogP contribution is -2.26. The average molecular weight is 351 g/mol. The summed E-state index contributed by atoms with van der Waals surface area (Å²) in [5.41, 5.74) is -0.379. The molecule has 2 heterocycles. The van der Waals surface area contributed by atoms with Gasteiger partial charge in [0.1, 0.15) is 0 Å². The van der Waals surface area contributed by atoms with E-state index in [1.807, 2.05) is 0 Å². The van der Waals surface area contributed by atoms with Crippen LogP contribution in [0.5, 0.6) is 11.5 Å². The molecule has 122 valence electrons. The zero-order valence-corrected chi connectivity index (χ0v) is 12.3. The first-order chi connectivity index (χ1) is 11.4. The Kier molecular flexibility index (Phi) is 3.66. The van der Waals surface area contributed by atoms with Gasteiger partial charge >= 0.3 is 5.69 Å². The van der Waals surface area contributed by atoms with Crippen molar-refractivity contribution in [1.82, 2.24) is 10.1 Å². The van der Waals surface area contributed by atoms with Gasteiger partial charge in [0.05, 0.1) is 16.1 Å². The van der Waals surface area contributed by atoms with E-state index in [9.17, 15) is 25.5 Å². The first-order valence-corrected chi connectivity index (χ1v) is 6.68. The third-order valence-electron chi connectivity index (χ3n) is 3.06. The molecule has 0 amide bonds. The molecule has 3 aromatic rings. The number of benzene rings is 1. The first-order valence-electron chi connectivity index (χ1n) is 6.30. The molecule has 0 aliphatic carbocycles. The Morgan fingerprint density at radius 3 is 2.67 bits per heavy atom. The van der Waals surface area contributed by atoms with Crippen LogP contribution >= 0.6 is 11.6 Å². The summed E-state index contributed by atoms with van der Waals surface area (Å²) in [4.78, 5) is 14.0. The van der Waals surface area contributed by atoms with Crippen molar-refractivity contribution in [2.75, 3.05) is 0 Å². The van der Waals surface area contributed by atoms with E-state index in [2.05, 4.69) is 10.1 Å². The molecule has 0 radical (unpaired) electrons. The lowest BCUT2D eigenvalue weighted by molar-refractivity contribution is -0.602. The molecule has 2 N–H and O–H groups in total. The second-order valence-corrected chi connectivity index (χ2v) is 5.00. The van der Waals surface area contributed by atoms with Crippen LogP contribution in [0.1, 0.15) is 0 Å². The Morgan fingerprint density at radius 1 is 1.25 bits per heavy atom. The minimum Gasteiger partial charge on any atom is -0.618 e. The standard InChI is InChI=1S/C13H7ClN4O6/c14-10-2-1-6(5-17(10)21)12-15-13(24-16-12)7-3-8(18(22)23)11(20)9(19)4-7/h1-5,19-20H. The van der Waals surface area contributed by atoms with Crippen molar-refractivity contribution in [3.8, 4) is 34.3 Å². The van der Waals surface area contributed by atoms with Crippen molar-refractivity contribution in [2.24, 2.45) is 0 Å². The van der Waals surface area contributed by atoms with E-state index < -0.39 is 22.1 Å². The number of nitro groups is 1. The van der Waals surface area contributed by atoms with Crippen LogP contribution < -0.4 is 4.73 Å². The number of rotatable bonds is 3. The van der Waals surface area contributed by atoms with Crippen LogP contribution in [0.4, 0.5) is 5.69 Å². The quantitative estimate of drug-likeness (QED) is 0.182. The van der Waals surface area contributed by atoms with E-state index >= 15 is 0 Å². The summed E-state index contributed by atoms with van der Waals surface area (Å²) in [6.45, 7) is 0. The fraction of sp³-hybridized carbons (Fsp3) is 0. The van der Waals surface area contributed by atoms with Crippen molar-refractivity contribution in [3.05, 3.63) is 50.9 Å². The second kappa shape index (κ2) is 5.66. The predicted molar refractivity (Wildman–Crippen MR) is 79.1 cm³/mol. The van der Waals surface area contributed by atoms with Gasteiger partial charge in [0.15, 0.2) is 11.9 Å². The van der Waals surface area contributed by atoms with Crippen molar-refractivity contribution in [2.45, 2.75) is 0 Å². The molecule has 0 fully saturated rings. The third-order valence-corrected chi connectivity index (χ3v) is 3.36. The Balaban J connectivity index is 2.05. The molecule has 0 unspecified atom stereocenters. The van der Waals surface area contributed by atoms with Crippen molar-refractivity contribution in [3.63, 3.8) is 0 Å². The van der Waals surface area contributed by atoms with Gasteiger partial charge in [-0.3, -0.25) is 10.1 Å². The maximum Gasteiger partial charge on any atom is 0.315 e. The molecule has 10 nitrogen and oxygen atoms in total. The van der Waals surface area contributed by atoms with Crippen molar-refractivity contribution < 1.29 is 24.4 Å². The molecular formula is C13H7ClN4O6. The molecule has 1 aromatic carbocycles. The molecule has 2 aromatic heterocycles. The number of pyridine rings is 1. The van der Waals surface area contributed by atoms with Crippen LogP contribution in [0, 0.1) is 15.3 Å². The predicted octanol–water partition coefficient (Wildman–Crippen LogP) is 2.01. The summed E-state index contributed by atoms with van der Waals surface area (Å²) in [5.74, 6) is -1.67. The van der Waals surface area contributed by atoms with Gasteiger partial charge in [-0.2, -0.15) is 9.71 Å². The summed E-state index contributed by atoms with van der Waals surface area (Å²) in [6, 6.07) is 4.84. The molecule has 3 rings (SSSR count). The number of hydrogen-bond donors (Lipinski definition) is 2. The molecular weight excluding hydrogens is 344 g/mol. The summed E-state index contributed by atoms with van der Waals surface area (Å²) >= 11 is 5.62. The Hall–Kier alpha value is -3.40. The molecule has 0 atom stereocenters. The number of halogens is 1. The summed E-state index contributed by atoms with van der Waals surface area (Å²) in [6.07, 6.45) is 1.13. The molecule has 11 heteroatoms. The largest absolute Gasteiger partial charge is 0.618 e. The van der Waals surface area contributed by atoms with E-state index in [1.165, 1.54) is 12.1 Å². The molecule has 0 spiro atoms. The van der Waals surface area contributed by atoms with Gasteiger partial charge in [0.2, 0.25) is 11.6 Å². The highest BCUT2D eigenvalue weighted by Crippen LogP contribution is 2.39. The van der Waals surface area contributed by atoms with E-state index in [0.717, 1.165) is 18.3 Å². The summed E-state index contributed by atoms with van der Waals surface area (Å²) in [5, 5.41) is 45.0. The highest BCUT2D eigenvalue weighted by molar-refractivity contribution is 6.28. The number of phenols is 2. The topological polar surface area (TPSA) is 149 Å². The minimum absolute atomic E-state index is 0.0275. The highest BCUT2D eigenvalue weighted by atomic mass is 35.5. The van der Waals surface area contributed by atoms with Gasteiger partial charge < -0.3 is 19.9 Å². The van der Waals surface area contributed by atoms with Crippen LogP contribution in [0.2, 0.25) is 5.15 Å². The lowest BCUT2D eigenvalue weighted by Gasteiger charge is -2.01. The summed E-state index contributed by atoms with van der Waals surface area (Å²) < 4.78 is 5.39. The molecule has 0 aliphatic heterocycles. The Labute approximate surface area is 137 Å². The number of nitrogens with zero attached hydrogens (tertiary/aromatic N) is 4. The fourth-order valence-corrected chi connectivity index (χ4v) is 2.03. The molecule has 0 saturated carbocycles. The molecule has 0 aliphatic rings. The van der Waals surface area contributed by atoms with E-state index in [4.69, 9.17) is 16.1 Å². The normalized spacial score (nSPS) is 10.7. The van der Waals surface area contributed by atoms with Crippen LogP contribution in [-0.2, 0) is 0 Å². The van der Waals surface area contributed by atoms with Crippen LogP contribution in [0.15, 0.2) is 35.0 Å². The SMILES string of the molecule is O=[N+]([O-])c1cc(-c2nc(-c3ccc(Cl)[n+]([O-])c3)no2)cc(O)c1O. The first kappa shape index (κ1) is 15.5. The van der Waals surface area contributed by atoms with Gasteiger partial charge in [-0.15, -0.1) is 0 Å². The minimum atomic E-state index is -0.867. The van der Waals surface area contributed by atoms with E-state index in [0.29, 0.717) is 10.3 Å². The smallest absolute Gasteiger partial charge is 0.315 e. The number of phenolic OH excluding ortho intramolecular Hbond substituents is 2. The van der Waals surface area contributed by atoms with Gasteiger partial charge in [-0.1, -0.05) is 5.16 Å². The third kappa shape index (κ3) is 2.65. The van der Waals surface area contributed by atoms with Gasteiger partial charge in [0.25, 0.3) is 11.0 Å². The number of aromatic hydroxyl groups is 2. The maximum absolute atomic E-state index is 11.5. The van der Waals surface area contributed by atoms with Crippen molar-refractivity contribution >= 4 is 17.3 Å². The van der Waals surface area contributed by atoms with Crippen LogP contribution in [-0.4, -0.2) is 25.3 Å². The van der Waals surface area contributed by atoms with Crippen molar-refractivity contribution in [1.29, 1.82) is 0 Å². The Morgan fingerprint density at radius 2 is 2.00 bits per heavy atom. The van der Waals surface area contributed by atoms with Crippen LogP contribution in [0.25, 0.3) is 22.8 Å². The molecule has 0 saturated heterocycles. The average Bonchev–Trinajstić information content (AvgIpc) is 3.02. The van der Waals surface area contributed by atoms with Crippen LogP contribution in [0.3, 0.4) is 0 Å². The van der Waals surface area contributed by atoms with Gasteiger partial charge in [0, 0.05) is 12.1 Å². The molecule has 24 heavy (non-hydrogen) atoms. The van der Waals surface area contributed by atoms with Gasteiger partial charge in [-0.05, 0) is 23.7 Å². The Bertz CT molecular complexity index is 958. The number of aromatic nitrogens is 3. The number of nitro benzene ring substituents is 1. The zero-order valence-electron chi connectivity index (χ0n) is 11.6.